The summed E-state index contributed by atoms with van der Waals surface area (Å²) < 4.78 is 25.1. The van der Waals surface area contributed by atoms with Crippen molar-refractivity contribution in [3.63, 3.8) is 0 Å². The summed E-state index contributed by atoms with van der Waals surface area (Å²) in [5.74, 6) is 4.63. The first-order valence-electron chi connectivity index (χ1n) is 4.16. The maximum atomic E-state index is 11.5. The third-order valence-electron chi connectivity index (χ3n) is 1.63. The van der Waals surface area contributed by atoms with Crippen LogP contribution in [0.2, 0.25) is 0 Å². The summed E-state index contributed by atoms with van der Waals surface area (Å²) in [4.78, 5) is 14.1. The molecule has 0 saturated heterocycles. The predicted molar refractivity (Wildman–Crippen MR) is 56.4 cm³/mol. The number of hydrazine groups is 1. The summed E-state index contributed by atoms with van der Waals surface area (Å²) in [6.07, 6.45) is 1.11. The van der Waals surface area contributed by atoms with Crippen molar-refractivity contribution < 1.29 is 13.2 Å². The SMILES string of the molecule is NNc1ccc(S(=O)(=O)NCC(N)=O)cn1. The van der Waals surface area contributed by atoms with Crippen molar-refractivity contribution >= 4 is 21.7 Å². The number of hydrogen-bond donors (Lipinski definition) is 4. The molecule has 1 amide bonds. The van der Waals surface area contributed by atoms with Crippen molar-refractivity contribution in [2.75, 3.05) is 12.0 Å². The lowest BCUT2D eigenvalue weighted by Crippen LogP contribution is -2.33. The van der Waals surface area contributed by atoms with Crippen molar-refractivity contribution in [3.05, 3.63) is 18.3 Å². The van der Waals surface area contributed by atoms with E-state index in [4.69, 9.17) is 11.6 Å². The predicted octanol–water partition coefficient (Wildman–Crippen LogP) is -1.87. The van der Waals surface area contributed by atoms with E-state index in [0.29, 0.717) is 5.82 Å². The molecule has 0 spiro atoms. The van der Waals surface area contributed by atoms with Crippen LogP contribution in [0.15, 0.2) is 23.2 Å². The van der Waals surface area contributed by atoms with E-state index in [1.807, 2.05) is 4.72 Å². The van der Waals surface area contributed by atoms with Crippen molar-refractivity contribution in [1.82, 2.24) is 9.71 Å². The number of rotatable bonds is 5. The molecule has 0 aromatic carbocycles. The topological polar surface area (TPSA) is 140 Å². The van der Waals surface area contributed by atoms with Crippen LogP contribution in [0.5, 0.6) is 0 Å². The molecule has 9 heteroatoms. The van der Waals surface area contributed by atoms with Gasteiger partial charge in [0, 0.05) is 6.20 Å². The highest BCUT2D eigenvalue weighted by Gasteiger charge is 2.14. The summed E-state index contributed by atoms with van der Waals surface area (Å²) >= 11 is 0. The van der Waals surface area contributed by atoms with Gasteiger partial charge >= 0.3 is 0 Å². The van der Waals surface area contributed by atoms with Crippen LogP contribution in [0.4, 0.5) is 5.82 Å². The molecule has 0 radical (unpaired) electrons. The quantitative estimate of drug-likeness (QED) is 0.354. The number of aromatic nitrogens is 1. The molecule has 0 fully saturated rings. The fourth-order valence-electron chi connectivity index (χ4n) is 0.874. The number of nitrogen functional groups attached to an aromatic ring is 1. The maximum Gasteiger partial charge on any atom is 0.242 e. The minimum atomic E-state index is -3.76. The van der Waals surface area contributed by atoms with Gasteiger partial charge in [-0.3, -0.25) is 4.79 Å². The van der Waals surface area contributed by atoms with E-state index >= 15 is 0 Å². The molecule has 1 rings (SSSR count). The van der Waals surface area contributed by atoms with Crippen LogP contribution in [0, 0.1) is 0 Å². The molecule has 6 N–H and O–H groups in total. The summed E-state index contributed by atoms with van der Waals surface area (Å²) in [6.45, 7) is -0.459. The molecule has 16 heavy (non-hydrogen) atoms. The van der Waals surface area contributed by atoms with Crippen LogP contribution < -0.4 is 21.7 Å². The minimum Gasteiger partial charge on any atom is -0.369 e. The van der Waals surface area contributed by atoms with Gasteiger partial charge in [0.25, 0.3) is 0 Å². The molecular formula is C7H11N5O3S. The molecule has 1 heterocycles. The second kappa shape index (κ2) is 4.88. The van der Waals surface area contributed by atoms with Gasteiger partial charge in [-0.2, -0.15) is 0 Å². The number of carbonyl (C=O) groups excluding carboxylic acids is 1. The van der Waals surface area contributed by atoms with E-state index < -0.39 is 22.5 Å². The zero-order chi connectivity index (χ0) is 12.2. The summed E-state index contributed by atoms with van der Waals surface area (Å²) in [7, 11) is -3.76. The van der Waals surface area contributed by atoms with Crippen LogP contribution in [0.1, 0.15) is 0 Å². The van der Waals surface area contributed by atoms with Gasteiger partial charge in [-0.25, -0.2) is 24.0 Å². The van der Waals surface area contributed by atoms with E-state index in [0.717, 1.165) is 6.20 Å². The molecular weight excluding hydrogens is 234 g/mol. The molecule has 0 atom stereocenters. The van der Waals surface area contributed by atoms with Gasteiger partial charge in [-0.1, -0.05) is 0 Å². The first kappa shape index (κ1) is 12.4. The fourth-order valence-corrected chi connectivity index (χ4v) is 1.81. The Hall–Kier alpha value is -1.71. The summed E-state index contributed by atoms with van der Waals surface area (Å²) in [5.41, 5.74) is 7.07. The van der Waals surface area contributed by atoms with E-state index in [1.54, 1.807) is 0 Å². The van der Waals surface area contributed by atoms with E-state index in [2.05, 4.69) is 10.4 Å². The number of nitrogens with two attached hydrogens (primary N) is 2. The van der Waals surface area contributed by atoms with Crippen molar-refractivity contribution in [3.8, 4) is 0 Å². The molecule has 0 aliphatic rings. The smallest absolute Gasteiger partial charge is 0.242 e. The lowest BCUT2D eigenvalue weighted by Gasteiger charge is -2.05. The molecule has 1 aromatic heterocycles. The Labute approximate surface area is 92.1 Å². The second-order valence-electron chi connectivity index (χ2n) is 2.81. The molecule has 88 valence electrons. The van der Waals surface area contributed by atoms with E-state index in [-0.39, 0.29) is 4.90 Å². The van der Waals surface area contributed by atoms with Gasteiger partial charge in [0.15, 0.2) is 0 Å². The Morgan fingerprint density at radius 1 is 1.44 bits per heavy atom. The number of nitrogens with zero attached hydrogens (tertiary/aromatic N) is 1. The average Bonchev–Trinajstić information content (AvgIpc) is 2.27. The first-order valence-corrected chi connectivity index (χ1v) is 5.64. The average molecular weight is 245 g/mol. The summed E-state index contributed by atoms with van der Waals surface area (Å²) in [6, 6.07) is 2.68. The Bertz CT molecular complexity index is 469. The van der Waals surface area contributed by atoms with Crippen molar-refractivity contribution in [2.45, 2.75) is 4.90 Å². The number of hydrogen-bond acceptors (Lipinski definition) is 6. The van der Waals surface area contributed by atoms with E-state index in [1.165, 1.54) is 12.1 Å². The highest BCUT2D eigenvalue weighted by molar-refractivity contribution is 7.89. The first-order chi connectivity index (χ1) is 7.45. The zero-order valence-electron chi connectivity index (χ0n) is 8.17. The van der Waals surface area contributed by atoms with Gasteiger partial charge in [-0.15, -0.1) is 0 Å². The molecule has 0 saturated carbocycles. The monoisotopic (exact) mass is 245 g/mol. The lowest BCUT2D eigenvalue weighted by atomic mass is 10.5. The van der Waals surface area contributed by atoms with Gasteiger partial charge in [0.1, 0.15) is 10.7 Å². The van der Waals surface area contributed by atoms with Gasteiger partial charge in [0.05, 0.1) is 6.54 Å². The normalized spacial score (nSPS) is 11.1. The Balaban J connectivity index is 2.85. The highest BCUT2D eigenvalue weighted by Crippen LogP contribution is 2.09. The van der Waals surface area contributed by atoms with Crippen LogP contribution in [0.3, 0.4) is 0 Å². The lowest BCUT2D eigenvalue weighted by molar-refractivity contribution is -0.116. The molecule has 0 unspecified atom stereocenters. The molecule has 8 nitrogen and oxygen atoms in total. The molecule has 0 bridgehead atoms. The number of amides is 1. The number of sulfonamides is 1. The summed E-state index contributed by atoms with van der Waals surface area (Å²) in [5, 5.41) is 0. The molecule has 1 aromatic rings. The number of primary amides is 1. The standard InChI is InChI=1S/C7H11N5O3S/c8-6(13)4-11-16(14,15)5-1-2-7(12-9)10-3-5/h1-3,11H,4,9H2,(H2,8,13)(H,10,12). The fraction of sp³-hybridized carbons (Fsp3) is 0.143. The number of anilines is 1. The van der Waals surface area contributed by atoms with Gasteiger partial charge < -0.3 is 11.2 Å². The second-order valence-corrected chi connectivity index (χ2v) is 4.58. The largest absolute Gasteiger partial charge is 0.369 e. The van der Waals surface area contributed by atoms with Crippen LogP contribution in [-0.2, 0) is 14.8 Å². The van der Waals surface area contributed by atoms with Crippen LogP contribution >= 0.6 is 0 Å². The van der Waals surface area contributed by atoms with Crippen LogP contribution in [-0.4, -0.2) is 25.9 Å². The van der Waals surface area contributed by atoms with Crippen LogP contribution in [0.25, 0.3) is 0 Å². The third-order valence-corrected chi connectivity index (χ3v) is 3.02. The third kappa shape index (κ3) is 3.15. The Morgan fingerprint density at radius 2 is 2.12 bits per heavy atom. The van der Waals surface area contributed by atoms with Crippen molar-refractivity contribution in [2.24, 2.45) is 11.6 Å². The van der Waals surface area contributed by atoms with E-state index in [9.17, 15) is 13.2 Å². The van der Waals surface area contributed by atoms with Gasteiger partial charge in [-0.05, 0) is 12.1 Å². The highest BCUT2D eigenvalue weighted by atomic mass is 32.2. The zero-order valence-corrected chi connectivity index (χ0v) is 8.99. The maximum absolute atomic E-state index is 11.5. The Kier molecular flexibility index (Phi) is 3.77. The van der Waals surface area contributed by atoms with Gasteiger partial charge in [0.2, 0.25) is 15.9 Å². The number of carbonyl (C=O) groups is 1. The number of nitrogens with one attached hydrogen (secondary N) is 2. The van der Waals surface area contributed by atoms with Crippen molar-refractivity contribution in [1.29, 1.82) is 0 Å². The number of pyridine rings is 1. The Morgan fingerprint density at radius 3 is 2.56 bits per heavy atom. The minimum absolute atomic E-state index is 0.0762. The molecule has 0 aliphatic carbocycles. The molecule has 0 aliphatic heterocycles.